The van der Waals surface area contributed by atoms with E-state index in [-0.39, 0.29) is 6.61 Å². The molecule has 4 rings (SSSR count). The van der Waals surface area contributed by atoms with Gasteiger partial charge >= 0.3 is 11.9 Å². The van der Waals surface area contributed by atoms with Gasteiger partial charge in [-0.2, -0.15) is 0 Å². The summed E-state index contributed by atoms with van der Waals surface area (Å²) in [5.41, 5.74) is 0.240. The Morgan fingerprint density at radius 1 is 0.824 bits per heavy atom. The minimum Gasteiger partial charge on any atom is -0.464 e. The van der Waals surface area contributed by atoms with Crippen LogP contribution in [-0.2, 0) is 34.2 Å². The Morgan fingerprint density at radius 2 is 1.35 bits per heavy atom. The van der Waals surface area contributed by atoms with Crippen LogP contribution in [0, 0.1) is 5.92 Å². The lowest BCUT2D eigenvalue weighted by molar-refractivity contribution is -0.174. The average molecular weight is 459 g/mol. The molecule has 1 fully saturated rings. The highest BCUT2D eigenvalue weighted by atomic mass is 16.6. The summed E-state index contributed by atoms with van der Waals surface area (Å²) in [4.78, 5) is 39.9. The molecule has 0 N–H and O–H groups in total. The summed E-state index contributed by atoms with van der Waals surface area (Å²) in [5, 5.41) is 0. The van der Waals surface area contributed by atoms with Crippen molar-refractivity contribution in [2.24, 2.45) is 5.92 Å². The predicted octanol–water partition coefficient (Wildman–Crippen LogP) is 4.36. The minimum absolute atomic E-state index is 0.129. The molecule has 1 aliphatic heterocycles. The smallest absolute Gasteiger partial charge is 0.374 e. The Kier molecular flexibility index (Phi) is 6.89. The second-order valence-electron chi connectivity index (χ2n) is 8.04. The van der Waals surface area contributed by atoms with E-state index in [1.165, 1.54) is 7.11 Å². The van der Waals surface area contributed by atoms with Crippen molar-refractivity contribution in [1.82, 2.24) is 0 Å². The Labute approximate surface area is 198 Å². The Bertz CT molecular complexity index is 1150. The van der Waals surface area contributed by atoms with E-state index in [0.717, 1.165) is 0 Å². The highest BCUT2D eigenvalue weighted by Gasteiger charge is 2.64. The fourth-order valence-electron chi connectivity index (χ4n) is 4.79. The number of ketones is 1. The molecule has 1 aliphatic rings. The third-order valence-electron chi connectivity index (χ3n) is 6.19. The standard InChI is InChI=1S/C28H26O6/c1-3-33-27(31)28(21-17-11-6-12-18-21)23(19-13-7-4-8-14-19)22(24(29)26(30)32-2)25(34-28)20-15-9-5-10-16-20/h4-18,22-23,25H,3H2,1-2H3/t22-,23+,25-,28+/m0/s1. The fourth-order valence-corrected chi connectivity index (χ4v) is 4.79. The van der Waals surface area contributed by atoms with Gasteiger partial charge in [-0.25, -0.2) is 9.59 Å². The molecule has 174 valence electrons. The average Bonchev–Trinajstić information content (AvgIpc) is 3.27. The molecule has 1 saturated heterocycles. The van der Waals surface area contributed by atoms with E-state index < -0.39 is 41.3 Å². The van der Waals surface area contributed by atoms with Crippen molar-refractivity contribution in [2.45, 2.75) is 24.5 Å². The molecule has 0 saturated carbocycles. The van der Waals surface area contributed by atoms with Crippen molar-refractivity contribution in [2.75, 3.05) is 13.7 Å². The topological polar surface area (TPSA) is 78.9 Å². The van der Waals surface area contributed by atoms with Crippen LogP contribution in [0.5, 0.6) is 0 Å². The zero-order valence-electron chi connectivity index (χ0n) is 19.0. The van der Waals surface area contributed by atoms with Crippen LogP contribution in [0.1, 0.15) is 35.6 Å². The summed E-state index contributed by atoms with van der Waals surface area (Å²) in [6.45, 7) is 1.85. The van der Waals surface area contributed by atoms with Crippen LogP contribution in [0.2, 0.25) is 0 Å². The molecule has 0 radical (unpaired) electrons. The lowest BCUT2D eigenvalue weighted by Gasteiger charge is -2.34. The van der Waals surface area contributed by atoms with Gasteiger partial charge in [0, 0.05) is 5.92 Å². The van der Waals surface area contributed by atoms with Gasteiger partial charge in [0.2, 0.25) is 5.78 Å². The van der Waals surface area contributed by atoms with Crippen molar-refractivity contribution in [1.29, 1.82) is 0 Å². The number of carbonyl (C=O) groups excluding carboxylic acids is 3. The first-order valence-electron chi connectivity index (χ1n) is 11.2. The van der Waals surface area contributed by atoms with Crippen molar-refractivity contribution in [3.8, 4) is 0 Å². The number of rotatable bonds is 7. The maximum atomic E-state index is 13.8. The molecule has 1 heterocycles. The molecule has 3 aromatic rings. The molecule has 0 spiro atoms. The fraction of sp³-hybridized carbons (Fsp3) is 0.250. The zero-order valence-corrected chi connectivity index (χ0v) is 19.0. The van der Waals surface area contributed by atoms with Crippen LogP contribution in [0.4, 0.5) is 0 Å². The Hall–Kier alpha value is -3.77. The molecule has 0 unspecified atom stereocenters. The van der Waals surface area contributed by atoms with E-state index in [1.807, 2.05) is 66.7 Å². The highest BCUT2D eigenvalue weighted by molar-refractivity contribution is 6.35. The van der Waals surface area contributed by atoms with Crippen molar-refractivity contribution in [3.05, 3.63) is 108 Å². The molecule has 6 heteroatoms. The van der Waals surface area contributed by atoms with Gasteiger partial charge in [0.1, 0.15) is 0 Å². The molecule has 34 heavy (non-hydrogen) atoms. The number of esters is 2. The van der Waals surface area contributed by atoms with E-state index in [0.29, 0.717) is 16.7 Å². The summed E-state index contributed by atoms with van der Waals surface area (Å²) >= 11 is 0. The van der Waals surface area contributed by atoms with E-state index in [9.17, 15) is 14.4 Å². The maximum Gasteiger partial charge on any atom is 0.374 e. The van der Waals surface area contributed by atoms with Gasteiger partial charge in [0.05, 0.1) is 25.7 Å². The summed E-state index contributed by atoms with van der Waals surface area (Å²) < 4.78 is 17.0. The first-order chi connectivity index (χ1) is 16.5. The van der Waals surface area contributed by atoms with E-state index in [1.54, 1.807) is 31.2 Å². The largest absolute Gasteiger partial charge is 0.464 e. The number of hydrogen-bond acceptors (Lipinski definition) is 6. The van der Waals surface area contributed by atoms with Gasteiger partial charge in [0.25, 0.3) is 0 Å². The second-order valence-corrected chi connectivity index (χ2v) is 8.04. The summed E-state index contributed by atoms with van der Waals surface area (Å²) in [6.07, 6.45) is -0.886. The Morgan fingerprint density at radius 3 is 1.88 bits per heavy atom. The molecule has 6 nitrogen and oxygen atoms in total. The number of Topliss-reactive ketones (excluding diaryl/α,β-unsaturated/α-hetero) is 1. The monoisotopic (exact) mass is 458 g/mol. The summed E-state index contributed by atoms with van der Waals surface area (Å²) in [6, 6.07) is 27.3. The minimum atomic E-state index is -1.66. The number of carbonyl (C=O) groups is 3. The number of benzene rings is 3. The molecular formula is C28H26O6. The number of methoxy groups -OCH3 is 1. The van der Waals surface area contributed by atoms with Gasteiger partial charge in [-0.05, 0) is 23.6 Å². The van der Waals surface area contributed by atoms with Crippen LogP contribution < -0.4 is 0 Å². The van der Waals surface area contributed by atoms with Gasteiger partial charge in [0.15, 0.2) is 5.60 Å². The molecule has 0 amide bonds. The molecule has 0 aromatic heterocycles. The number of ether oxygens (including phenoxy) is 3. The predicted molar refractivity (Wildman–Crippen MR) is 125 cm³/mol. The first kappa shape index (κ1) is 23.4. The third-order valence-corrected chi connectivity index (χ3v) is 6.19. The SMILES string of the molecule is CCOC(=O)[C@]1(c2ccccc2)O[C@@H](c2ccccc2)[C@H](C(=O)C(=O)OC)[C@H]1c1ccccc1. The normalized spacial score (nSPS) is 23.8. The van der Waals surface area contributed by atoms with Crippen LogP contribution in [0.15, 0.2) is 91.0 Å². The number of hydrogen-bond donors (Lipinski definition) is 0. The molecule has 0 bridgehead atoms. The molecule has 4 atom stereocenters. The van der Waals surface area contributed by atoms with Gasteiger partial charge in [-0.15, -0.1) is 0 Å². The van der Waals surface area contributed by atoms with Crippen LogP contribution in [0.25, 0.3) is 0 Å². The third kappa shape index (κ3) is 4.01. The first-order valence-corrected chi connectivity index (χ1v) is 11.2. The highest BCUT2D eigenvalue weighted by Crippen LogP contribution is 2.58. The zero-order chi connectivity index (χ0) is 24.1. The van der Waals surface area contributed by atoms with Crippen molar-refractivity contribution in [3.63, 3.8) is 0 Å². The van der Waals surface area contributed by atoms with Crippen molar-refractivity contribution < 1.29 is 28.6 Å². The molecule has 3 aromatic carbocycles. The molecule has 0 aliphatic carbocycles. The van der Waals surface area contributed by atoms with Crippen LogP contribution >= 0.6 is 0 Å². The van der Waals surface area contributed by atoms with E-state index in [4.69, 9.17) is 14.2 Å². The van der Waals surface area contributed by atoms with Gasteiger partial charge in [-0.3, -0.25) is 4.79 Å². The maximum absolute atomic E-state index is 13.8. The van der Waals surface area contributed by atoms with Crippen LogP contribution in [0.3, 0.4) is 0 Å². The van der Waals surface area contributed by atoms with Crippen molar-refractivity contribution >= 4 is 17.7 Å². The van der Waals surface area contributed by atoms with E-state index in [2.05, 4.69) is 0 Å². The van der Waals surface area contributed by atoms with Gasteiger partial charge in [-0.1, -0.05) is 91.0 Å². The van der Waals surface area contributed by atoms with Gasteiger partial charge < -0.3 is 14.2 Å². The molecular weight excluding hydrogens is 432 g/mol. The van der Waals surface area contributed by atoms with E-state index >= 15 is 0 Å². The van der Waals surface area contributed by atoms with Crippen LogP contribution in [-0.4, -0.2) is 31.4 Å². The lowest BCUT2D eigenvalue weighted by Crippen LogP contribution is -2.44. The summed E-state index contributed by atoms with van der Waals surface area (Å²) in [7, 11) is 1.17. The lowest BCUT2D eigenvalue weighted by atomic mass is 9.69. The second kappa shape index (κ2) is 10.0. The quantitative estimate of drug-likeness (QED) is 0.387. The summed E-state index contributed by atoms with van der Waals surface area (Å²) in [5.74, 6) is -4.22. The Balaban J connectivity index is 2.03.